The highest BCUT2D eigenvalue weighted by atomic mass is 15.3. The van der Waals surface area contributed by atoms with Crippen LogP contribution >= 0.6 is 0 Å². The van der Waals surface area contributed by atoms with Crippen LogP contribution in [-0.2, 0) is 0 Å². The largest absolute Gasteiger partial charge is 0.295 e. The van der Waals surface area contributed by atoms with Crippen molar-refractivity contribution in [1.82, 2.24) is 4.90 Å². The molecular formula is C13H25N. The van der Waals surface area contributed by atoms with E-state index < -0.39 is 0 Å². The second-order valence-corrected chi connectivity index (χ2v) is 6.01. The Morgan fingerprint density at radius 1 is 1.07 bits per heavy atom. The normalized spacial score (nSPS) is 31.7. The van der Waals surface area contributed by atoms with Crippen LogP contribution in [0, 0.1) is 11.8 Å². The molecule has 1 heterocycles. The van der Waals surface area contributed by atoms with Gasteiger partial charge in [-0.15, -0.1) is 0 Å². The lowest BCUT2D eigenvalue weighted by molar-refractivity contribution is 0.0451. The van der Waals surface area contributed by atoms with Crippen molar-refractivity contribution in [3.05, 3.63) is 0 Å². The van der Waals surface area contributed by atoms with Crippen molar-refractivity contribution in [1.29, 1.82) is 0 Å². The summed E-state index contributed by atoms with van der Waals surface area (Å²) in [4.78, 5) is 2.79. The Kier molecular flexibility index (Phi) is 2.63. The van der Waals surface area contributed by atoms with Crippen LogP contribution in [0.4, 0.5) is 0 Å². The molecule has 0 radical (unpaired) electrons. The lowest BCUT2D eigenvalue weighted by Crippen LogP contribution is -2.49. The van der Waals surface area contributed by atoms with Crippen molar-refractivity contribution in [3.8, 4) is 0 Å². The van der Waals surface area contributed by atoms with Gasteiger partial charge in [-0.2, -0.15) is 0 Å². The number of nitrogens with zero attached hydrogens (tertiary/aromatic N) is 1. The van der Waals surface area contributed by atoms with Gasteiger partial charge in [0.2, 0.25) is 0 Å². The fraction of sp³-hybridized carbons (Fsp3) is 1.00. The highest BCUT2D eigenvalue weighted by Gasteiger charge is 2.51. The molecule has 1 nitrogen and oxygen atoms in total. The van der Waals surface area contributed by atoms with Crippen LogP contribution < -0.4 is 0 Å². The molecule has 1 heteroatoms. The number of piperidine rings is 1. The van der Waals surface area contributed by atoms with Crippen molar-refractivity contribution in [2.75, 3.05) is 6.54 Å². The van der Waals surface area contributed by atoms with E-state index in [0.29, 0.717) is 5.54 Å². The summed E-state index contributed by atoms with van der Waals surface area (Å²) in [5.74, 6) is 1.82. The summed E-state index contributed by atoms with van der Waals surface area (Å²) in [6, 6.07) is 0.749. The summed E-state index contributed by atoms with van der Waals surface area (Å²) in [5, 5.41) is 0. The quantitative estimate of drug-likeness (QED) is 0.653. The number of likely N-dealkylation sites (tertiary alicyclic amines) is 1. The Balaban J connectivity index is 2.03. The second-order valence-electron chi connectivity index (χ2n) is 6.01. The summed E-state index contributed by atoms with van der Waals surface area (Å²) >= 11 is 0. The molecule has 0 bridgehead atoms. The van der Waals surface area contributed by atoms with Gasteiger partial charge in [-0.3, -0.25) is 4.90 Å². The molecule has 2 fully saturated rings. The van der Waals surface area contributed by atoms with E-state index in [0.717, 1.165) is 17.9 Å². The summed E-state index contributed by atoms with van der Waals surface area (Å²) in [5.41, 5.74) is 0.666. The van der Waals surface area contributed by atoms with E-state index in [-0.39, 0.29) is 0 Å². The van der Waals surface area contributed by atoms with Crippen LogP contribution in [0.15, 0.2) is 0 Å². The minimum Gasteiger partial charge on any atom is -0.295 e. The Morgan fingerprint density at radius 2 is 1.71 bits per heavy atom. The molecule has 1 aliphatic carbocycles. The van der Waals surface area contributed by atoms with Gasteiger partial charge in [0.25, 0.3) is 0 Å². The zero-order valence-electron chi connectivity index (χ0n) is 10.2. The molecule has 1 atom stereocenters. The van der Waals surface area contributed by atoms with Gasteiger partial charge >= 0.3 is 0 Å². The Morgan fingerprint density at radius 3 is 2.14 bits per heavy atom. The molecule has 14 heavy (non-hydrogen) atoms. The maximum atomic E-state index is 2.79. The van der Waals surface area contributed by atoms with Crippen LogP contribution in [0.25, 0.3) is 0 Å². The van der Waals surface area contributed by atoms with Gasteiger partial charge in [0.15, 0.2) is 0 Å². The number of hydrogen-bond acceptors (Lipinski definition) is 1. The van der Waals surface area contributed by atoms with Gasteiger partial charge in [0.05, 0.1) is 0 Å². The van der Waals surface area contributed by atoms with E-state index >= 15 is 0 Å². The summed E-state index contributed by atoms with van der Waals surface area (Å²) in [6.45, 7) is 10.9. The minimum atomic E-state index is 0.666. The molecule has 1 saturated carbocycles. The number of rotatable bonds is 2. The topological polar surface area (TPSA) is 3.24 Å². The standard InChI is InChI=1S/C13H25N/c1-10(2)12-5-6-13(7-8-13)14(9-12)11(3)4/h10-12H,5-9H2,1-4H3. The summed E-state index contributed by atoms with van der Waals surface area (Å²) in [7, 11) is 0. The molecule has 1 saturated heterocycles. The third-order valence-electron chi connectivity index (χ3n) is 4.41. The van der Waals surface area contributed by atoms with E-state index in [1.807, 2.05) is 0 Å². The minimum absolute atomic E-state index is 0.666. The van der Waals surface area contributed by atoms with Gasteiger partial charge in [0, 0.05) is 18.1 Å². The maximum absolute atomic E-state index is 2.79. The molecule has 1 spiro atoms. The van der Waals surface area contributed by atoms with Crippen molar-refractivity contribution in [2.24, 2.45) is 11.8 Å². The van der Waals surface area contributed by atoms with Crippen LogP contribution in [0.5, 0.6) is 0 Å². The third-order valence-corrected chi connectivity index (χ3v) is 4.41. The van der Waals surface area contributed by atoms with E-state index in [4.69, 9.17) is 0 Å². The molecule has 0 amide bonds. The van der Waals surface area contributed by atoms with Crippen LogP contribution in [0.1, 0.15) is 53.4 Å². The van der Waals surface area contributed by atoms with Crippen molar-refractivity contribution in [3.63, 3.8) is 0 Å². The number of hydrogen-bond donors (Lipinski definition) is 0. The highest BCUT2D eigenvalue weighted by Crippen LogP contribution is 2.51. The van der Waals surface area contributed by atoms with Gasteiger partial charge in [-0.05, 0) is 51.4 Å². The van der Waals surface area contributed by atoms with Gasteiger partial charge in [-0.25, -0.2) is 0 Å². The van der Waals surface area contributed by atoms with E-state index in [9.17, 15) is 0 Å². The van der Waals surface area contributed by atoms with Gasteiger partial charge in [-0.1, -0.05) is 13.8 Å². The first-order valence-electron chi connectivity index (χ1n) is 6.32. The van der Waals surface area contributed by atoms with Crippen LogP contribution in [0.3, 0.4) is 0 Å². The molecule has 0 aromatic rings. The second kappa shape index (κ2) is 3.52. The Labute approximate surface area is 88.9 Å². The lowest BCUT2D eigenvalue weighted by Gasteiger charge is -2.44. The summed E-state index contributed by atoms with van der Waals surface area (Å²) < 4.78 is 0. The Hall–Kier alpha value is -0.0400. The zero-order valence-corrected chi connectivity index (χ0v) is 10.2. The van der Waals surface area contributed by atoms with Crippen molar-refractivity contribution >= 4 is 0 Å². The van der Waals surface area contributed by atoms with Gasteiger partial charge in [0.1, 0.15) is 0 Å². The smallest absolute Gasteiger partial charge is 0.0213 e. The van der Waals surface area contributed by atoms with Crippen LogP contribution in [-0.4, -0.2) is 23.0 Å². The van der Waals surface area contributed by atoms with Crippen molar-refractivity contribution < 1.29 is 0 Å². The van der Waals surface area contributed by atoms with Crippen LogP contribution in [0.2, 0.25) is 0 Å². The zero-order chi connectivity index (χ0) is 10.3. The van der Waals surface area contributed by atoms with E-state index in [2.05, 4.69) is 32.6 Å². The molecule has 2 aliphatic rings. The molecule has 1 aliphatic heterocycles. The van der Waals surface area contributed by atoms with E-state index in [1.54, 1.807) is 0 Å². The Bertz CT molecular complexity index is 203. The lowest BCUT2D eigenvalue weighted by atomic mass is 9.83. The average molecular weight is 195 g/mol. The monoisotopic (exact) mass is 195 g/mol. The fourth-order valence-electron chi connectivity index (χ4n) is 3.12. The summed E-state index contributed by atoms with van der Waals surface area (Å²) in [6.07, 6.45) is 5.88. The SMILES string of the molecule is CC(C)C1CCC2(CC2)N(C(C)C)C1. The molecule has 1 unspecified atom stereocenters. The first-order valence-corrected chi connectivity index (χ1v) is 6.32. The first-order chi connectivity index (χ1) is 6.55. The molecular weight excluding hydrogens is 170 g/mol. The predicted octanol–water partition coefficient (Wildman–Crippen LogP) is 3.30. The first kappa shape index (κ1) is 10.5. The molecule has 0 aromatic heterocycles. The molecule has 2 rings (SSSR count). The molecule has 0 aromatic carbocycles. The fourth-order valence-corrected chi connectivity index (χ4v) is 3.12. The predicted molar refractivity (Wildman–Crippen MR) is 61.4 cm³/mol. The highest BCUT2D eigenvalue weighted by molar-refractivity contribution is 5.07. The van der Waals surface area contributed by atoms with Crippen molar-refractivity contribution in [2.45, 2.75) is 65.0 Å². The maximum Gasteiger partial charge on any atom is 0.0213 e. The molecule has 82 valence electrons. The average Bonchev–Trinajstić information content (AvgIpc) is 2.85. The van der Waals surface area contributed by atoms with E-state index in [1.165, 1.54) is 32.2 Å². The van der Waals surface area contributed by atoms with Gasteiger partial charge < -0.3 is 0 Å². The third kappa shape index (κ3) is 1.71. The molecule has 0 N–H and O–H groups in total.